The molecule has 1 saturated carbocycles. The van der Waals surface area contributed by atoms with Crippen molar-refractivity contribution < 1.29 is 9.59 Å². The topological polar surface area (TPSA) is 69.9 Å². The maximum absolute atomic E-state index is 12.5. The molecule has 0 aromatic carbocycles. The minimum Gasteiger partial charge on any atom is -0.342 e. The molecule has 2 amide bonds. The number of hydrogen-bond donors (Lipinski definition) is 1. The molecule has 2 aliphatic rings. The normalized spacial score (nSPS) is 21.2. The zero-order valence-electron chi connectivity index (χ0n) is 16.4. The van der Waals surface area contributed by atoms with E-state index >= 15 is 0 Å². The van der Waals surface area contributed by atoms with Gasteiger partial charge in [-0.15, -0.1) is 24.8 Å². The summed E-state index contributed by atoms with van der Waals surface area (Å²) in [6, 6.07) is 0.294. The van der Waals surface area contributed by atoms with Gasteiger partial charge in [-0.25, -0.2) is 0 Å². The van der Waals surface area contributed by atoms with Crippen molar-refractivity contribution in [2.75, 3.05) is 39.8 Å². The first kappa shape index (κ1) is 25.4. The summed E-state index contributed by atoms with van der Waals surface area (Å²) in [6.07, 6.45) is 6.05. The number of piperazine rings is 1. The highest BCUT2D eigenvalue weighted by atomic mass is 35.5. The molecule has 0 aromatic rings. The van der Waals surface area contributed by atoms with Crippen molar-refractivity contribution in [2.24, 2.45) is 11.7 Å². The summed E-state index contributed by atoms with van der Waals surface area (Å²) >= 11 is 0. The van der Waals surface area contributed by atoms with E-state index in [9.17, 15) is 9.59 Å². The Kier molecular flexibility index (Phi) is 11.7. The largest absolute Gasteiger partial charge is 0.342 e. The van der Waals surface area contributed by atoms with E-state index < -0.39 is 0 Å². The first-order valence-electron chi connectivity index (χ1n) is 9.42. The monoisotopic (exact) mass is 410 g/mol. The first-order valence-corrected chi connectivity index (χ1v) is 9.42. The van der Waals surface area contributed by atoms with Gasteiger partial charge in [-0.3, -0.25) is 14.5 Å². The molecule has 2 atom stereocenters. The van der Waals surface area contributed by atoms with Crippen LogP contribution in [0.4, 0.5) is 0 Å². The number of nitrogens with two attached hydrogens (primary N) is 1. The molecular weight excluding hydrogens is 375 g/mol. The molecule has 1 heterocycles. The number of rotatable bonds is 5. The Balaban J connectivity index is 0.00000312. The fourth-order valence-corrected chi connectivity index (χ4v) is 3.61. The van der Waals surface area contributed by atoms with Crippen LogP contribution < -0.4 is 5.73 Å². The van der Waals surface area contributed by atoms with Crippen LogP contribution in [0.1, 0.15) is 46.0 Å². The van der Waals surface area contributed by atoms with Gasteiger partial charge in [0.25, 0.3) is 0 Å². The van der Waals surface area contributed by atoms with Crippen molar-refractivity contribution in [1.82, 2.24) is 14.7 Å². The molecule has 0 radical (unpaired) electrons. The van der Waals surface area contributed by atoms with Crippen LogP contribution in [0.2, 0.25) is 0 Å². The van der Waals surface area contributed by atoms with Crippen molar-refractivity contribution in [3.05, 3.63) is 0 Å². The predicted molar refractivity (Wildman–Crippen MR) is 110 cm³/mol. The van der Waals surface area contributed by atoms with Gasteiger partial charge in [0.15, 0.2) is 0 Å². The third-order valence-electron chi connectivity index (χ3n) is 5.74. The van der Waals surface area contributed by atoms with Crippen molar-refractivity contribution in [2.45, 2.75) is 58.0 Å². The summed E-state index contributed by atoms with van der Waals surface area (Å²) in [5.74, 6) is 0.205. The van der Waals surface area contributed by atoms with Gasteiger partial charge in [-0.1, -0.05) is 26.2 Å². The molecule has 2 unspecified atom stereocenters. The Morgan fingerprint density at radius 3 is 2.08 bits per heavy atom. The Hall–Kier alpha value is -0.560. The van der Waals surface area contributed by atoms with Gasteiger partial charge in [-0.05, 0) is 19.8 Å². The highest BCUT2D eigenvalue weighted by Crippen LogP contribution is 2.21. The van der Waals surface area contributed by atoms with Gasteiger partial charge in [-0.2, -0.15) is 0 Å². The highest BCUT2D eigenvalue weighted by Gasteiger charge is 2.28. The Morgan fingerprint density at radius 2 is 1.58 bits per heavy atom. The van der Waals surface area contributed by atoms with E-state index in [0.717, 1.165) is 25.9 Å². The predicted octanol–water partition coefficient (Wildman–Crippen LogP) is 1.75. The van der Waals surface area contributed by atoms with Gasteiger partial charge >= 0.3 is 0 Å². The number of nitrogens with zero attached hydrogens (tertiary/aromatic N) is 3. The van der Waals surface area contributed by atoms with Crippen LogP contribution in [0.25, 0.3) is 0 Å². The summed E-state index contributed by atoms with van der Waals surface area (Å²) in [5, 5.41) is 0. The van der Waals surface area contributed by atoms with Crippen LogP contribution in [0, 0.1) is 5.92 Å². The number of halogens is 2. The SMILES string of the molecule is CC(N)C(C)C(=O)N1CCN(CC(=O)N(C)C2CCCCC2)CC1.Cl.Cl. The van der Waals surface area contributed by atoms with E-state index in [4.69, 9.17) is 5.73 Å². The van der Waals surface area contributed by atoms with E-state index in [0.29, 0.717) is 25.7 Å². The maximum Gasteiger partial charge on any atom is 0.236 e. The number of likely N-dealkylation sites (N-methyl/N-ethyl adjacent to an activating group) is 1. The summed E-state index contributed by atoms with van der Waals surface area (Å²) < 4.78 is 0. The van der Waals surface area contributed by atoms with Crippen LogP contribution in [-0.4, -0.2) is 78.4 Å². The average molecular weight is 411 g/mol. The molecule has 1 saturated heterocycles. The molecule has 154 valence electrons. The van der Waals surface area contributed by atoms with Crippen molar-refractivity contribution in [3.63, 3.8) is 0 Å². The summed E-state index contributed by atoms with van der Waals surface area (Å²) in [4.78, 5) is 30.9. The zero-order chi connectivity index (χ0) is 17.7. The maximum atomic E-state index is 12.5. The lowest BCUT2D eigenvalue weighted by Crippen LogP contribution is -2.54. The molecule has 1 aliphatic carbocycles. The Bertz CT molecular complexity index is 437. The van der Waals surface area contributed by atoms with E-state index in [1.165, 1.54) is 19.3 Å². The molecule has 0 bridgehead atoms. The summed E-state index contributed by atoms with van der Waals surface area (Å²) in [5.41, 5.74) is 5.83. The molecule has 2 rings (SSSR count). The molecule has 26 heavy (non-hydrogen) atoms. The lowest BCUT2D eigenvalue weighted by atomic mass is 9.94. The van der Waals surface area contributed by atoms with Gasteiger partial charge in [0, 0.05) is 45.3 Å². The summed E-state index contributed by atoms with van der Waals surface area (Å²) in [7, 11) is 1.95. The standard InChI is InChI=1S/C18H34N4O2.2ClH/c1-14(15(2)19)18(24)22-11-9-21(10-12-22)13-17(23)20(3)16-7-5-4-6-8-16;;/h14-16H,4-13,19H2,1-3H3;2*1H. The minimum absolute atomic E-state index is 0. The van der Waals surface area contributed by atoms with Gasteiger partial charge < -0.3 is 15.5 Å². The van der Waals surface area contributed by atoms with E-state index in [-0.39, 0.29) is 48.6 Å². The number of carbonyl (C=O) groups excluding carboxylic acids is 2. The fraction of sp³-hybridized carbons (Fsp3) is 0.889. The average Bonchev–Trinajstić information content (AvgIpc) is 2.61. The van der Waals surface area contributed by atoms with E-state index in [2.05, 4.69) is 4.90 Å². The zero-order valence-corrected chi connectivity index (χ0v) is 18.0. The Morgan fingerprint density at radius 1 is 1.04 bits per heavy atom. The summed E-state index contributed by atoms with van der Waals surface area (Å²) in [6.45, 7) is 7.15. The lowest BCUT2D eigenvalue weighted by Gasteiger charge is -2.38. The molecular formula is C18H36Cl2N4O2. The molecule has 2 fully saturated rings. The minimum atomic E-state index is -0.143. The van der Waals surface area contributed by atoms with Crippen LogP contribution in [0.15, 0.2) is 0 Å². The van der Waals surface area contributed by atoms with Crippen LogP contribution in [0.3, 0.4) is 0 Å². The van der Waals surface area contributed by atoms with Crippen molar-refractivity contribution in [3.8, 4) is 0 Å². The smallest absolute Gasteiger partial charge is 0.236 e. The number of carbonyl (C=O) groups is 2. The van der Waals surface area contributed by atoms with Crippen LogP contribution in [0.5, 0.6) is 0 Å². The molecule has 8 heteroatoms. The van der Waals surface area contributed by atoms with E-state index in [1.54, 1.807) is 0 Å². The number of amides is 2. The first-order chi connectivity index (χ1) is 11.4. The van der Waals surface area contributed by atoms with Gasteiger partial charge in [0.2, 0.25) is 11.8 Å². The van der Waals surface area contributed by atoms with Gasteiger partial charge in [0.1, 0.15) is 0 Å². The second-order valence-electron chi connectivity index (χ2n) is 7.55. The second kappa shape index (κ2) is 12.0. The third kappa shape index (κ3) is 6.87. The molecule has 2 N–H and O–H groups in total. The highest BCUT2D eigenvalue weighted by molar-refractivity contribution is 5.85. The fourth-order valence-electron chi connectivity index (χ4n) is 3.61. The Labute approximate surface area is 170 Å². The van der Waals surface area contributed by atoms with E-state index in [1.807, 2.05) is 30.7 Å². The third-order valence-corrected chi connectivity index (χ3v) is 5.74. The molecule has 1 aliphatic heterocycles. The van der Waals surface area contributed by atoms with Crippen LogP contribution in [-0.2, 0) is 9.59 Å². The molecule has 0 spiro atoms. The second-order valence-corrected chi connectivity index (χ2v) is 7.55. The van der Waals surface area contributed by atoms with Crippen LogP contribution >= 0.6 is 24.8 Å². The quantitative estimate of drug-likeness (QED) is 0.749. The number of hydrogen-bond acceptors (Lipinski definition) is 4. The van der Waals surface area contributed by atoms with Crippen molar-refractivity contribution >= 4 is 36.6 Å². The lowest BCUT2D eigenvalue weighted by molar-refractivity contribution is -0.138. The van der Waals surface area contributed by atoms with Crippen molar-refractivity contribution in [1.29, 1.82) is 0 Å². The van der Waals surface area contributed by atoms with Gasteiger partial charge in [0.05, 0.1) is 12.5 Å². The molecule has 0 aromatic heterocycles. The molecule has 6 nitrogen and oxygen atoms in total.